The lowest BCUT2D eigenvalue weighted by Crippen LogP contribution is -2.38. The number of carboxylic acids is 1. The summed E-state index contributed by atoms with van der Waals surface area (Å²) in [5, 5.41) is 40.2. The van der Waals surface area contributed by atoms with Gasteiger partial charge in [0.15, 0.2) is 23.7 Å². The van der Waals surface area contributed by atoms with Crippen molar-refractivity contribution in [2.75, 3.05) is 12.3 Å². The first-order chi connectivity index (χ1) is 14.7. The third kappa shape index (κ3) is 4.99. The van der Waals surface area contributed by atoms with Gasteiger partial charge in [-0.05, 0) is 25.2 Å². The summed E-state index contributed by atoms with van der Waals surface area (Å²) in [6, 6.07) is -1.03. The number of nitrogens with zero attached hydrogens (tertiary/aromatic N) is 4. The second-order valence-electron chi connectivity index (χ2n) is 7.55. The van der Waals surface area contributed by atoms with Crippen LogP contribution in [0.5, 0.6) is 0 Å². The molecule has 31 heavy (non-hydrogen) atoms. The maximum Gasteiger partial charge on any atom is 0.320 e. The van der Waals surface area contributed by atoms with Crippen molar-refractivity contribution in [3.63, 3.8) is 0 Å². The minimum absolute atomic E-state index is 0.179. The number of imidazole rings is 1. The standard InChI is InChI=1S/C17H27N9O5/c18-8(16(29)30)2-1-7(4-22-17(20)21)3-9-11(27)12(28)15(31-9)26-6-25-10-13(19)23-5-24-14(10)26/h5-9,11-12,15,27-28H,1-4,18H2,(H,29,30)(H2,19,23,24)(H4,20,21,22)/t7-,8-,9+,11?,12?,15+/m0/s1. The molecular formula is C17H27N9O5. The van der Waals surface area contributed by atoms with Crippen LogP contribution in [0.1, 0.15) is 25.5 Å². The van der Waals surface area contributed by atoms with E-state index >= 15 is 0 Å². The molecular weight excluding hydrogens is 410 g/mol. The number of aliphatic hydroxyl groups is 2. The maximum absolute atomic E-state index is 11.0. The number of aliphatic hydroxyl groups excluding tert-OH is 2. The summed E-state index contributed by atoms with van der Waals surface area (Å²) >= 11 is 0. The summed E-state index contributed by atoms with van der Waals surface area (Å²) < 4.78 is 7.41. The molecule has 170 valence electrons. The molecule has 0 radical (unpaired) electrons. The first kappa shape index (κ1) is 22.6. The van der Waals surface area contributed by atoms with Crippen molar-refractivity contribution in [3.05, 3.63) is 12.7 Å². The predicted octanol–water partition coefficient (Wildman–Crippen LogP) is -2.29. The Morgan fingerprint density at radius 3 is 2.71 bits per heavy atom. The molecule has 0 aromatic carbocycles. The van der Waals surface area contributed by atoms with Crippen molar-refractivity contribution in [3.8, 4) is 0 Å². The van der Waals surface area contributed by atoms with Gasteiger partial charge in [-0.25, -0.2) is 15.0 Å². The molecule has 1 saturated heterocycles. The van der Waals surface area contributed by atoms with Crippen LogP contribution in [0.15, 0.2) is 12.7 Å². The Kier molecular flexibility index (Phi) is 6.84. The minimum Gasteiger partial charge on any atom is -0.480 e. The maximum atomic E-state index is 11.0. The largest absolute Gasteiger partial charge is 0.480 e. The van der Waals surface area contributed by atoms with E-state index in [-0.39, 0.29) is 37.1 Å². The molecule has 2 aromatic heterocycles. The van der Waals surface area contributed by atoms with E-state index in [0.717, 1.165) is 0 Å². The van der Waals surface area contributed by atoms with Gasteiger partial charge in [-0.1, -0.05) is 0 Å². The van der Waals surface area contributed by atoms with Crippen molar-refractivity contribution in [2.45, 2.75) is 49.8 Å². The molecule has 0 amide bonds. The topological polar surface area (TPSA) is 245 Å². The van der Waals surface area contributed by atoms with E-state index in [1.807, 2.05) is 0 Å². The van der Waals surface area contributed by atoms with Gasteiger partial charge in [0, 0.05) is 6.54 Å². The smallest absolute Gasteiger partial charge is 0.320 e. The van der Waals surface area contributed by atoms with E-state index in [1.165, 1.54) is 17.2 Å². The molecule has 3 heterocycles. The van der Waals surface area contributed by atoms with Crippen LogP contribution in [0.3, 0.4) is 0 Å². The Bertz CT molecular complexity index is 938. The second-order valence-corrected chi connectivity index (χ2v) is 7.55. The number of carboxylic acid groups (broad SMARTS) is 1. The van der Waals surface area contributed by atoms with Gasteiger partial charge in [-0.2, -0.15) is 0 Å². The lowest BCUT2D eigenvalue weighted by molar-refractivity contribution is -0.138. The summed E-state index contributed by atoms with van der Waals surface area (Å²) in [6.07, 6.45) is -0.686. The van der Waals surface area contributed by atoms with Crippen molar-refractivity contribution in [1.29, 1.82) is 5.41 Å². The Labute approximate surface area is 176 Å². The van der Waals surface area contributed by atoms with Crippen molar-refractivity contribution < 1.29 is 24.9 Å². The number of nitrogens with one attached hydrogen (secondary N) is 2. The number of aliphatic carboxylic acids is 1. The number of fused-ring (bicyclic) bond motifs is 1. The highest BCUT2D eigenvalue weighted by Gasteiger charge is 2.45. The summed E-state index contributed by atoms with van der Waals surface area (Å²) in [6.45, 7) is 0.257. The molecule has 14 heteroatoms. The predicted molar refractivity (Wildman–Crippen MR) is 109 cm³/mol. The van der Waals surface area contributed by atoms with Crippen LogP contribution < -0.4 is 22.5 Å². The Hall–Kier alpha value is -3.07. The number of nitrogens with two attached hydrogens (primary N) is 3. The zero-order valence-corrected chi connectivity index (χ0v) is 16.6. The molecule has 3 rings (SSSR count). The summed E-state index contributed by atoms with van der Waals surface area (Å²) in [7, 11) is 0. The molecule has 1 aliphatic rings. The molecule has 11 N–H and O–H groups in total. The number of hydrogen-bond acceptors (Lipinski definition) is 10. The normalized spacial score (nSPS) is 25.4. The average molecular weight is 437 g/mol. The fourth-order valence-electron chi connectivity index (χ4n) is 3.63. The molecule has 0 saturated carbocycles. The van der Waals surface area contributed by atoms with Gasteiger partial charge in [0.25, 0.3) is 0 Å². The molecule has 0 bridgehead atoms. The van der Waals surface area contributed by atoms with Gasteiger partial charge < -0.3 is 42.6 Å². The van der Waals surface area contributed by atoms with Crippen LogP contribution in [0, 0.1) is 11.3 Å². The van der Waals surface area contributed by atoms with Gasteiger partial charge in [0.1, 0.15) is 30.1 Å². The van der Waals surface area contributed by atoms with E-state index in [2.05, 4.69) is 20.3 Å². The van der Waals surface area contributed by atoms with Gasteiger partial charge in [0.05, 0.1) is 12.4 Å². The number of aromatic nitrogens is 4. The Morgan fingerprint density at radius 2 is 2.03 bits per heavy atom. The van der Waals surface area contributed by atoms with Crippen LogP contribution in [-0.2, 0) is 9.53 Å². The molecule has 14 nitrogen and oxygen atoms in total. The molecule has 2 unspecified atom stereocenters. The quantitative estimate of drug-likeness (QED) is 0.152. The second kappa shape index (κ2) is 9.38. The fraction of sp³-hybridized carbons (Fsp3) is 0.588. The lowest BCUT2D eigenvalue weighted by Gasteiger charge is -2.23. The summed E-state index contributed by atoms with van der Waals surface area (Å²) in [5.74, 6) is -1.39. The van der Waals surface area contributed by atoms with Gasteiger partial charge in [0.2, 0.25) is 0 Å². The molecule has 0 aliphatic carbocycles. The first-order valence-electron chi connectivity index (χ1n) is 9.70. The monoisotopic (exact) mass is 437 g/mol. The number of rotatable bonds is 9. The number of anilines is 1. The van der Waals surface area contributed by atoms with Crippen molar-refractivity contribution in [2.24, 2.45) is 17.4 Å². The minimum atomic E-state index is -1.26. The number of nitrogen functional groups attached to an aromatic ring is 1. The van der Waals surface area contributed by atoms with Crippen LogP contribution in [0.25, 0.3) is 11.2 Å². The van der Waals surface area contributed by atoms with Gasteiger partial charge in [-0.15, -0.1) is 0 Å². The summed E-state index contributed by atoms with van der Waals surface area (Å²) in [5.41, 5.74) is 17.4. The SMILES string of the molecule is N=C(N)NC[C@@H](CC[C@H](N)C(=O)O)C[C@H]1O[C@@H](n2cnc3c(N)ncnc32)C(O)C1O. The number of guanidine groups is 1. The molecule has 0 spiro atoms. The van der Waals surface area contributed by atoms with E-state index < -0.39 is 36.6 Å². The highest BCUT2D eigenvalue weighted by atomic mass is 16.6. The number of ether oxygens (including phenoxy) is 1. The summed E-state index contributed by atoms with van der Waals surface area (Å²) in [4.78, 5) is 23.1. The number of hydrogen-bond donors (Lipinski definition) is 8. The lowest BCUT2D eigenvalue weighted by atomic mass is 9.92. The molecule has 6 atom stereocenters. The van der Waals surface area contributed by atoms with Crippen molar-refractivity contribution in [1.82, 2.24) is 24.8 Å². The fourth-order valence-corrected chi connectivity index (χ4v) is 3.63. The molecule has 2 aromatic rings. The van der Waals surface area contributed by atoms with Crippen LogP contribution in [-0.4, -0.2) is 77.7 Å². The van der Waals surface area contributed by atoms with Gasteiger partial charge >= 0.3 is 5.97 Å². The van der Waals surface area contributed by atoms with Crippen molar-refractivity contribution >= 4 is 28.9 Å². The Morgan fingerprint density at radius 1 is 1.29 bits per heavy atom. The van der Waals surface area contributed by atoms with E-state index in [9.17, 15) is 15.0 Å². The van der Waals surface area contributed by atoms with E-state index in [0.29, 0.717) is 17.6 Å². The number of carbonyl (C=O) groups is 1. The third-order valence-corrected chi connectivity index (χ3v) is 5.35. The molecule has 1 fully saturated rings. The van der Waals surface area contributed by atoms with E-state index in [1.54, 1.807) is 0 Å². The molecule has 1 aliphatic heterocycles. The first-order valence-corrected chi connectivity index (χ1v) is 9.70. The van der Waals surface area contributed by atoms with Gasteiger partial charge in [-0.3, -0.25) is 14.8 Å². The Balaban J connectivity index is 1.73. The zero-order chi connectivity index (χ0) is 22.7. The third-order valence-electron chi connectivity index (χ3n) is 5.35. The highest BCUT2D eigenvalue weighted by molar-refractivity contribution is 5.81. The zero-order valence-electron chi connectivity index (χ0n) is 16.6. The highest BCUT2D eigenvalue weighted by Crippen LogP contribution is 2.35. The average Bonchev–Trinajstić information content (AvgIpc) is 3.26. The van der Waals surface area contributed by atoms with E-state index in [4.69, 9.17) is 32.5 Å². The van der Waals surface area contributed by atoms with Crippen LogP contribution >= 0.6 is 0 Å². The van der Waals surface area contributed by atoms with Crippen LogP contribution in [0.2, 0.25) is 0 Å². The van der Waals surface area contributed by atoms with Crippen LogP contribution in [0.4, 0.5) is 5.82 Å².